The molecule has 31 heavy (non-hydrogen) atoms. The molecule has 1 aromatic heterocycles. The first-order valence-corrected chi connectivity index (χ1v) is 11.0. The Balaban J connectivity index is 1.61. The van der Waals surface area contributed by atoms with Crippen molar-refractivity contribution in [3.05, 3.63) is 47.8 Å². The number of hydrogen-bond acceptors (Lipinski definition) is 4. The number of hydrogen-bond donors (Lipinski definition) is 2. The fraction of sp³-hybridized carbons (Fsp3) is 0.458. The number of nitrogens with one attached hydrogen (secondary N) is 1. The number of carbonyl (C=O) groups is 2. The SMILES string of the molecule is CC(=O)N1c2ccc(-c3ccc(CN4CCCCC4)nc3)cc2C(NC(=O)O)CC1C. The number of likely N-dealkylation sites (tertiary alicyclic amines) is 1. The van der Waals surface area contributed by atoms with E-state index in [4.69, 9.17) is 0 Å². The molecule has 2 atom stereocenters. The van der Waals surface area contributed by atoms with Crippen LogP contribution in [-0.2, 0) is 11.3 Å². The van der Waals surface area contributed by atoms with Crippen molar-refractivity contribution in [2.24, 2.45) is 0 Å². The molecule has 3 heterocycles. The van der Waals surface area contributed by atoms with Crippen LogP contribution >= 0.6 is 0 Å². The number of carboxylic acid groups (broad SMARTS) is 1. The second-order valence-electron chi connectivity index (χ2n) is 8.62. The number of piperidine rings is 1. The van der Waals surface area contributed by atoms with Crippen molar-refractivity contribution in [3.63, 3.8) is 0 Å². The van der Waals surface area contributed by atoms with Crippen molar-refractivity contribution in [1.82, 2.24) is 15.2 Å². The second kappa shape index (κ2) is 9.06. The summed E-state index contributed by atoms with van der Waals surface area (Å²) >= 11 is 0. The van der Waals surface area contributed by atoms with Crippen LogP contribution in [0.4, 0.5) is 10.5 Å². The summed E-state index contributed by atoms with van der Waals surface area (Å²) in [6.07, 6.45) is 5.19. The highest BCUT2D eigenvalue weighted by Crippen LogP contribution is 2.39. The Labute approximate surface area is 183 Å². The van der Waals surface area contributed by atoms with Gasteiger partial charge in [0.15, 0.2) is 0 Å². The van der Waals surface area contributed by atoms with E-state index in [1.54, 1.807) is 11.8 Å². The van der Waals surface area contributed by atoms with E-state index in [1.807, 2.05) is 31.3 Å². The third kappa shape index (κ3) is 4.71. The predicted molar refractivity (Wildman–Crippen MR) is 120 cm³/mol. The molecule has 2 N–H and O–H groups in total. The molecular weight excluding hydrogens is 392 g/mol. The molecule has 164 valence electrons. The maximum absolute atomic E-state index is 12.2. The van der Waals surface area contributed by atoms with Gasteiger partial charge in [-0.3, -0.25) is 14.7 Å². The maximum atomic E-state index is 12.2. The molecular formula is C24H30N4O3. The van der Waals surface area contributed by atoms with Crippen LogP contribution in [-0.4, -0.2) is 46.1 Å². The molecule has 2 amide bonds. The van der Waals surface area contributed by atoms with E-state index in [0.717, 1.165) is 47.7 Å². The van der Waals surface area contributed by atoms with Gasteiger partial charge in [0.25, 0.3) is 0 Å². The van der Waals surface area contributed by atoms with E-state index in [9.17, 15) is 14.7 Å². The van der Waals surface area contributed by atoms with Crippen molar-refractivity contribution in [3.8, 4) is 11.1 Å². The van der Waals surface area contributed by atoms with Gasteiger partial charge in [0, 0.05) is 37.0 Å². The fourth-order valence-corrected chi connectivity index (χ4v) is 4.84. The summed E-state index contributed by atoms with van der Waals surface area (Å²) in [6, 6.07) is 9.58. The zero-order valence-electron chi connectivity index (χ0n) is 18.2. The van der Waals surface area contributed by atoms with Crippen LogP contribution in [0.5, 0.6) is 0 Å². The molecule has 1 fully saturated rings. The molecule has 7 heteroatoms. The van der Waals surface area contributed by atoms with Gasteiger partial charge in [-0.2, -0.15) is 0 Å². The number of aromatic nitrogens is 1. The van der Waals surface area contributed by atoms with Gasteiger partial charge < -0.3 is 15.3 Å². The average Bonchev–Trinajstić information content (AvgIpc) is 2.74. The number of benzene rings is 1. The lowest BCUT2D eigenvalue weighted by atomic mass is 9.89. The van der Waals surface area contributed by atoms with Crippen molar-refractivity contribution in [2.45, 2.75) is 58.2 Å². The van der Waals surface area contributed by atoms with Crippen LogP contribution in [0.2, 0.25) is 0 Å². The lowest BCUT2D eigenvalue weighted by Gasteiger charge is -2.39. The van der Waals surface area contributed by atoms with Crippen LogP contribution in [0.25, 0.3) is 11.1 Å². The largest absolute Gasteiger partial charge is 0.465 e. The van der Waals surface area contributed by atoms with Crippen molar-refractivity contribution >= 4 is 17.7 Å². The van der Waals surface area contributed by atoms with Crippen LogP contribution in [0, 0.1) is 0 Å². The highest BCUT2D eigenvalue weighted by atomic mass is 16.4. The van der Waals surface area contributed by atoms with Gasteiger partial charge in [-0.15, -0.1) is 0 Å². The summed E-state index contributed by atoms with van der Waals surface area (Å²) in [6.45, 7) is 6.64. The Morgan fingerprint density at radius 1 is 1.13 bits per heavy atom. The quantitative estimate of drug-likeness (QED) is 0.772. The van der Waals surface area contributed by atoms with Crippen molar-refractivity contribution in [2.75, 3.05) is 18.0 Å². The third-order valence-corrected chi connectivity index (χ3v) is 6.31. The number of rotatable bonds is 4. The standard InChI is InChI=1S/C24H30N4O3/c1-16-12-22(26-24(30)31)21-13-18(7-9-23(21)28(16)17(2)29)19-6-8-20(25-14-19)15-27-10-4-3-5-11-27/h6-9,13-14,16,22,26H,3-5,10-12,15H2,1-2H3,(H,30,31). The maximum Gasteiger partial charge on any atom is 0.405 e. The summed E-state index contributed by atoms with van der Waals surface area (Å²) < 4.78 is 0. The minimum Gasteiger partial charge on any atom is -0.465 e. The van der Waals surface area contributed by atoms with Gasteiger partial charge in [0.05, 0.1) is 11.7 Å². The normalized spacial score (nSPS) is 21.4. The van der Waals surface area contributed by atoms with E-state index in [2.05, 4.69) is 27.3 Å². The average molecular weight is 423 g/mol. The van der Waals surface area contributed by atoms with Gasteiger partial charge in [-0.1, -0.05) is 18.6 Å². The Hall–Kier alpha value is -2.93. The first kappa shape index (κ1) is 21.3. The van der Waals surface area contributed by atoms with E-state index >= 15 is 0 Å². The van der Waals surface area contributed by atoms with E-state index in [-0.39, 0.29) is 18.0 Å². The topological polar surface area (TPSA) is 85.8 Å². The zero-order chi connectivity index (χ0) is 22.0. The van der Waals surface area contributed by atoms with Gasteiger partial charge in [-0.25, -0.2) is 4.79 Å². The van der Waals surface area contributed by atoms with Crippen molar-refractivity contribution < 1.29 is 14.7 Å². The molecule has 7 nitrogen and oxygen atoms in total. The minimum absolute atomic E-state index is 0.0426. The molecule has 0 aliphatic carbocycles. The first-order chi connectivity index (χ1) is 14.9. The Morgan fingerprint density at radius 2 is 1.87 bits per heavy atom. The molecule has 4 rings (SSSR count). The lowest BCUT2D eigenvalue weighted by molar-refractivity contribution is -0.117. The van der Waals surface area contributed by atoms with Gasteiger partial charge in [-0.05, 0) is 68.6 Å². The highest BCUT2D eigenvalue weighted by molar-refractivity contribution is 5.94. The molecule has 0 bridgehead atoms. The minimum atomic E-state index is -1.06. The number of carbonyl (C=O) groups excluding carboxylic acids is 1. The Bertz CT molecular complexity index is 954. The van der Waals surface area contributed by atoms with E-state index in [0.29, 0.717) is 6.42 Å². The molecule has 0 spiro atoms. The Kier molecular flexibility index (Phi) is 6.23. The Morgan fingerprint density at radius 3 is 2.52 bits per heavy atom. The number of nitrogens with zero attached hydrogens (tertiary/aromatic N) is 3. The second-order valence-corrected chi connectivity index (χ2v) is 8.62. The molecule has 2 aliphatic rings. The van der Waals surface area contributed by atoms with E-state index < -0.39 is 6.09 Å². The molecule has 0 radical (unpaired) electrons. The van der Waals surface area contributed by atoms with Crippen LogP contribution in [0.3, 0.4) is 0 Å². The van der Waals surface area contributed by atoms with Gasteiger partial charge in [0.1, 0.15) is 0 Å². The summed E-state index contributed by atoms with van der Waals surface area (Å²) in [5, 5.41) is 11.9. The number of fused-ring (bicyclic) bond motifs is 1. The predicted octanol–water partition coefficient (Wildman–Crippen LogP) is 4.19. The van der Waals surface area contributed by atoms with Gasteiger partial charge in [0.2, 0.25) is 5.91 Å². The molecule has 0 saturated carbocycles. The van der Waals surface area contributed by atoms with Crippen LogP contribution in [0.1, 0.15) is 56.8 Å². The first-order valence-electron chi connectivity index (χ1n) is 11.0. The van der Waals surface area contributed by atoms with Crippen LogP contribution in [0.15, 0.2) is 36.5 Å². The number of pyridine rings is 1. The number of anilines is 1. The summed E-state index contributed by atoms with van der Waals surface area (Å²) in [7, 11) is 0. The highest BCUT2D eigenvalue weighted by Gasteiger charge is 2.33. The van der Waals surface area contributed by atoms with Crippen molar-refractivity contribution in [1.29, 1.82) is 0 Å². The molecule has 1 aromatic carbocycles. The molecule has 1 saturated heterocycles. The third-order valence-electron chi connectivity index (χ3n) is 6.31. The summed E-state index contributed by atoms with van der Waals surface area (Å²) in [4.78, 5) is 32.4. The lowest BCUT2D eigenvalue weighted by Crippen LogP contribution is -2.45. The molecule has 2 aromatic rings. The summed E-state index contributed by atoms with van der Waals surface area (Å²) in [5.74, 6) is -0.0426. The smallest absolute Gasteiger partial charge is 0.405 e. The zero-order valence-corrected chi connectivity index (χ0v) is 18.2. The van der Waals surface area contributed by atoms with E-state index in [1.165, 1.54) is 19.3 Å². The molecule has 2 aliphatic heterocycles. The monoisotopic (exact) mass is 422 g/mol. The summed E-state index contributed by atoms with van der Waals surface area (Å²) in [5.41, 5.74) is 4.60. The fourth-order valence-electron chi connectivity index (χ4n) is 4.84. The van der Waals surface area contributed by atoms with Gasteiger partial charge >= 0.3 is 6.09 Å². The number of amides is 2. The van der Waals surface area contributed by atoms with Crippen LogP contribution < -0.4 is 10.2 Å². The molecule has 2 unspecified atom stereocenters.